The Morgan fingerprint density at radius 3 is 2.75 bits per heavy atom. The van der Waals surface area contributed by atoms with Gasteiger partial charge in [0, 0.05) is 5.92 Å². The third kappa shape index (κ3) is 2.46. The zero-order valence-corrected chi connectivity index (χ0v) is 7.46. The van der Waals surface area contributed by atoms with Crippen molar-refractivity contribution in [2.45, 2.75) is 6.42 Å². The molecule has 0 aromatic rings. The van der Waals surface area contributed by atoms with Crippen molar-refractivity contribution in [2.75, 3.05) is 19.5 Å². The SMILES string of the molecule is COS(=O)(=O)CC1COC(=O)C1. The molecule has 1 heterocycles. The summed E-state index contributed by atoms with van der Waals surface area (Å²) in [5.41, 5.74) is 0. The summed E-state index contributed by atoms with van der Waals surface area (Å²) in [6.45, 7) is 0.182. The Balaban J connectivity index is 2.48. The fraction of sp³-hybridized carbons (Fsp3) is 0.833. The minimum absolute atomic E-state index is 0.144. The molecule has 70 valence electrons. The van der Waals surface area contributed by atoms with Crippen LogP contribution in [0.1, 0.15) is 6.42 Å². The highest BCUT2D eigenvalue weighted by atomic mass is 32.2. The first-order chi connectivity index (χ1) is 5.53. The van der Waals surface area contributed by atoms with Gasteiger partial charge < -0.3 is 4.74 Å². The summed E-state index contributed by atoms with van der Waals surface area (Å²) < 4.78 is 30.6. The minimum Gasteiger partial charge on any atom is -0.465 e. The van der Waals surface area contributed by atoms with E-state index in [9.17, 15) is 13.2 Å². The Bertz CT molecular complexity index is 268. The molecule has 5 nitrogen and oxygen atoms in total. The Labute approximate surface area is 70.8 Å². The maximum atomic E-state index is 10.9. The summed E-state index contributed by atoms with van der Waals surface area (Å²) in [4.78, 5) is 10.6. The average Bonchev–Trinajstić information content (AvgIpc) is 2.35. The summed E-state index contributed by atoms with van der Waals surface area (Å²) in [6.07, 6.45) is 0.169. The molecule has 0 saturated carbocycles. The number of hydrogen-bond donors (Lipinski definition) is 0. The van der Waals surface area contributed by atoms with E-state index in [1.54, 1.807) is 0 Å². The second-order valence-corrected chi connectivity index (χ2v) is 4.43. The van der Waals surface area contributed by atoms with Crippen LogP contribution in [0.15, 0.2) is 0 Å². The Morgan fingerprint density at radius 2 is 2.33 bits per heavy atom. The molecule has 6 heteroatoms. The molecule has 1 fully saturated rings. The van der Waals surface area contributed by atoms with E-state index in [4.69, 9.17) is 0 Å². The molecular formula is C6H10O5S. The van der Waals surface area contributed by atoms with Gasteiger partial charge >= 0.3 is 5.97 Å². The number of cyclic esters (lactones) is 1. The van der Waals surface area contributed by atoms with E-state index in [0.717, 1.165) is 7.11 Å². The van der Waals surface area contributed by atoms with Gasteiger partial charge in [0.05, 0.1) is 25.9 Å². The molecule has 0 N–H and O–H groups in total. The van der Waals surface area contributed by atoms with Crippen molar-refractivity contribution < 1.29 is 22.1 Å². The standard InChI is InChI=1S/C6H10O5S/c1-10-12(8,9)4-5-2-6(7)11-3-5/h5H,2-4H2,1H3. The van der Waals surface area contributed by atoms with Crippen LogP contribution in [0.5, 0.6) is 0 Å². The molecule has 0 aliphatic carbocycles. The quantitative estimate of drug-likeness (QED) is 0.448. The first-order valence-electron chi connectivity index (χ1n) is 3.47. The number of rotatable bonds is 3. The first-order valence-corrected chi connectivity index (χ1v) is 5.05. The van der Waals surface area contributed by atoms with E-state index in [1.807, 2.05) is 0 Å². The van der Waals surface area contributed by atoms with Crippen LogP contribution in [0.25, 0.3) is 0 Å². The highest BCUT2D eigenvalue weighted by Gasteiger charge is 2.28. The topological polar surface area (TPSA) is 69.7 Å². The highest BCUT2D eigenvalue weighted by molar-refractivity contribution is 7.86. The molecule has 1 aliphatic rings. The fourth-order valence-corrected chi connectivity index (χ4v) is 1.96. The monoisotopic (exact) mass is 194 g/mol. The molecule has 1 rings (SSSR count). The zero-order valence-electron chi connectivity index (χ0n) is 6.65. The van der Waals surface area contributed by atoms with Gasteiger partial charge in [-0.2, -0.15) is 8.42 Å². The number of ether oxygens (including phenoxy) is 1. The van der Waals surface area contributed by atoms with Crippen LogP contribution in [-0.4, -0.2) is 33.9 Å². The fourth-order valence-electron chi connectivity index (χ4n) is 1.03. The summed E-state index contributed by atoms with van der Waals surface area (Å²) in [5.74, 6) is -0.733. The number of esters is 1. The van der Waals surface area contributed by atoms with E-state index in [2.05, 4.69) is 8.92 Å². The van der Waals surface area contributed by atoms with Crippen molar-refractivity contribution in [2.24, 2.45) is 5.92 Å². The molecule has 1 saturated heterocycles. The number of carbonyl (C=O) groups excluding carboxylic acids is 1. The van der Waals surface area contributed by atoms with Gasteiger partial charge in [-0.25, -0.2) is 0 Å². The van der Waals surface area contributed by atoms with E-state index in [0.29, 0.717) is 0 Å². The van der Waals surface area contributed by atoms with Gasteiger partial charge in [0.1, 0.15) is 0 Å². The predicted octanol–water partition coefficient (Wildman–Crippen LogP) is -0.474. The van der Waals surface area contributed by atoms with E-state index < -0.39 is 10.1 Å². The summed E-state index contributed by atoms with van der Waals surface area (Å²) >= 11 is 0. The third-order valence-electron chi connectivity index (χ3n) is 1.63. The van der Waals surface area contributed by atoms with Gasteiger partial charge in [-0.1, -0.05) is 0 Å². The maximum absolute atomic E-state index is 10.9. The van der Waals surface area contributed by atoms with Gasteiger partial charge in [0.15, 0.2) is 0 Å². The smallest absolute Gasteiger partial charge is 0.306 e. The molecule has 12 heavy (non-hydrogen) atoms. The second kappa shape index (κ2) is 3.40. The third-order valence-corrected chi connectivity index (χ3v) is 3.02. The lowest BCUT2D eigenvalue weighted by molar-refractivity contribution is -0.137. The summed E-state index contributed by atoms with van der Waals surface area (Å²) in [7, 11) is -2.35. The summed E-state index contributed by atoms with van der Waals surface area (Å²) in [6, 6.07) is 0. The van der Waals surface area contributed by atoms with Crippen LogP contribution >= 0.6 is 0 Å². The van der Waals surface area contributed by atoms with Crippen LogP contribution < -0.4 is 0 Å². The zero-order chi connectivity index (χ0) is 9.19. The normalized spacial score (nSPS) is 24.1. The van der Waals surface area contributed by atoms with Gasteiger partial charge in [-0.3, -0.25) is 8.98 Å². The number of carbonyl (C=O) groups is 1. The lowest BCUT2D eigenvalue weighted by atomic mass is 10.2. The largest absolute Gasteiger partial charge is 0.465 e. The molecule has 0 radical (unpaired) electrons. The molecule has 1 aliphatic heterocycles. The van der Waals surface area contributed by atoms with Crippen LogP contribution in [0, 0.1) is 5.92 Å². The van der Waals surface area contributed by atoms with Gasteiger partial charge in [-0.05, 0) is 0 Å². The molecule has 0 amide bonds. The van der Waals surface area contributed by atoms with Gasteiger partial charge in [0.25, 0.3) is 10.1 Å². The highest BCUT2D eigenvalue weighted by Crippen LogP contribution is 2.16. The molecule has 1 unspecified atom stereocenters. The van der Waals surface area contributed by atoms with Crippen LogP contribution in [-0.2, 0) is 23.8 Å². The van der Waals surface area contributed by atoms with Crippen molar-refractivity contribution in [3.05, 3.63) is 0 Å². The Kier molecular flexibility index (Phi) is 2.69. The average molecular weight is 194 g/mol. The van der Waals surface area contributed by atoms with Gasteiger partial charge in [0.2, 0.25) is 0 Å². The molecular weight excluding hydrogens is 184 g/mol. The van der Waals surface area contributed by atoms with Crippen LogP contribution in [0.3, 0.4) is 0 Å². The minimum atomic E-state index is -3.46. The van der Waals surface area contributed by atoms with Crippen molar-refractivity contribution in [1.29, 1.82) is 0 Å². The van der Waals surface area contributed by atoms with Crippen molar-refractivity contribution in [3.63, 3.8) is 0 Å². The van der Waals surface area contributed by atoms with E-state index in [1.165, 1.54) is 0 Å². The van der Waals surface area contributed by atoms with Crippen molar-refractivity contribution in [1.82, 2.24) is 0 Å². The molecule has 0 aromatic carbocycles. The lowest BCUT2D eigenvalue weighted by Gasteiger charge is -2.04. The second-order valence-electron chi connectivity index (χ2n) is 2.64. The molecule has 1 atom stereocenters. The molecule has 0 spiro atoms. The predicted molar refractivity (Wildman–Crippen MR) is 39.9 cm³/mol. The van der Waals surface area contributed by atoms with Crippen molar-refractivity contribution in [3.8, 4) is 0 Å². The van der Waals surface area contributed by atoms with E-state index in [-0.39, 0.29) is 30.7 Å². The number of hydrogen-bond acceptors (Lipinski definition) is 5. The first kappa shape index (κ1) is 9.47. The lowest BCUT2D eigenvalue weighted by Crippen LogP contribution is -2.17. The van der Waals surface area contributed by atoms with Crippen LogP contribution in [0.4, 0.5) is 0 Å². The Hall–Kier alpha value is -0.620. The Morgan fingerprint density at radius 1 is 1.67 bits per heavy atom. The summed E-state index contributed by atoms with van der Waals surface area (Å²) in [5, 5.41) is 0. The van der Waals surface area contributed by atoms with E-state index >= 15 is 0 Å². The molecule has 0 bridgehead atoms. The van der Waals surface area contributed by atoms with Gasteiger partial charge in [-0.15, -0.1) is 0 Å². The maximum Gasteiger partial charge on any atom is 0.306 e. The van der Waals surface area contributed by atoms with Crippen LogP contribution in [0.2, 0.25) is 0 Å². The molecule has 0 aromatic heterocycles. The van der Waals surface area contributed by atoms with Crippen molar-refractivity contribution >= 4 is 16.1 Å².